The van der Waals surface area contributed by atoms with E-state index in [0.29, 0.717) is 19.7 Å². The molecule has 1 aliphatic heterocycles. The molecule has 146 valence electrons. The molecule has 1 fully saturated rings. The van der Waals surface area contributed by atoms with E-state index in [2.05, 4.69) is 27.3 Å². The van der Waals surface area contributed by atoms with Crippen LogP contribution in [0.4, 0.5) is 0 Å². The number of hydrogen-bond donors (Lipinski definition) is 3. The second-order valence-electron chi connectivity index (χ2n) is 6.34. The van der Waals surface area contributed by atoms with E-state index in [1.54, 1.807) is 19.2 Å². The highest BCUT2D eigenvalue weighted by Crippen LogP contribution is 2.14. The van der Waals surface area contributed by atoms with Crippen molar-refractivity contribution >= 4 is 16.0 Å². The lowest BCUT2D eigenvalue weighted by Crippen LogP contribution is -2.37. The molecule has 1 atom stereocenters. The number of hydrogen-bond acceptors (Lipinski definition) is 4. The molecule has 0 bridgehead atoms. The number of benzene rings is 1. The second-order valence-corrected chi connectivity index (χ2v) is 8.10. The minimum Gasteiger partial charge on any atom is -0.377 e. The van der Waals surface area contributed by atoms with E-state index in [0.717, 1.165) is 43.8 Å². The van der Waals surface area contributed by atoms with Gasteiger partial charge in [0.25, 0.3) is 0 Å². The highest BCUT2D eigenvalue weighted by atomic mass is 32.2. The minimum absolute atomic E-state index is 0.0137. The average Bonchev–Trinajstić information content (AvgIpc) is 3.17. The van der Waals surface area contributed by atoms with Crippen molar-refractivity contribution in [1.82, 2.24) is 15.4 Å². The molecule has 0 spiro atoms. The maximum Gasteiger partial charge on any atom is 0.240 e. The number of nitrogens with zero attached hydrogens (tertiary/aromatic N) is 1. The van der Waals surface area contributed by atoms with Crippen molar-refractivity contribution in [2.24, 2.45) is 4.99 Å². The second kappa shape index (κ2) is 10.5. The summed E-state index contributed by atoms with van der Waals surface area (Å²) in [7, 11) is -1.77. The Morgan fingerprint density at radius 3 is 2.65 bits per heavy atom. The molecule has 8 heteroatoms. The zero-order chi connectivity index (χ0) is 18.8. The van der Waals surface area contributed by atoms with E-state index in [-0.39, 0.29) is 11.0 Å². The predicted molar refractivity (Wildman–Crippen MR) is 104 cm³/mol. The van der Waals surface area contributed by atoms with E-state index in [1.165, 1.54) is 0 Å². The van der Waals surface area contributed by atoms with E-state index >= 15 is 0 Å². The van der Waals surface area contributed by atoms with Gasteiger partial charge in [0, 0.05) is 33.3 Å². The first-order valence-corrected chi connectivity index (χ1v) is 10.7. The fraction of sp³-hybridized carbons (Fsp3) is 0.611. The molecule has 1 aliphatic rings. The van der Waals surface area contributed by atoms with Crippen LogP contribution in [0.5, 0.6) is 0 Å². The smallest absolute Gasteiger partial charge is 0.240 e. The number of guanidine groups is 1. The van der Waals surface area contributed by atoms with Gasteiger partial charge in [-0.3, -0.25) is 4.99 Å². The molecule has 0 radical (unpaired) electrons. The molecule has 0 saturated carbocycles. The van der Waals surface area contributed by atoms with Gasteiger partial charge in [-0.05, 0) is 37.0 Å². The zero-order valence-corrected chi connectivity index (χ0v) is 16.4. The lowest BCUT2D eigenvalue weighted by molar-refractivity contribution is 0.114. The van der Waals surface area contributed by atoms with Crippen LogP contribution in [-0.4, -0.2) is 47.2 Å². The van der Waals surface area contributed by atoms with Crippen LogP contribution < -0.4 is 15.4 Å². The highest BCUT2D eigenvalue weighted by Gasteiger charge is 2.20. The Labute approximate surface area is 156 Å². The number of unbranched alkanes of at least 4 members (excludes halogenated alkanes) is 1. The molecule has 0 aromatic heterocycles. The van der Waals surface area contributed by atoms with Crippen LogP contribution >= 0.6 is 0 Å². The van der Waals surface area contributed by atoms with Crippen LogP contribution in [0.15, 0.2) is 34.2 Å². The van der Waals surface area contributed by atoms with Crippen LogP contribution in [0, 0.1) is 0 Å². The molecule has 1 aromatic rings. The minimum atomic E-state index is -3.50. The summed E-state index contributed by atoms with van der Waals surface area (Å²) in [5.41, 5.74) is 0.988. The Kier molecular flexibility index (Phi) is 8.34. The Morgan fingerprint density at radius 2 is 2.04 bits per heavy atom. The number of aliphatic imine (C=N–C) groups is 1. The number of sulfonamides is 1. The van der Waals surface area contributed by atoms with Crippen molar-refractivity contribution in [3.8, 4) is 0 Å². The monoisotopic (exact) mass is 382 g/mol. The zero-order valence-electron chi connectivity index (χ0n) is 15.6. The summed E-state index contributed by atoms with van der Waals surface area (Å²) in [4.78, 5) is 4.44. The van der Waals surface area contributed by atoms with E-state index in [9.17, 15) is 8.42 Å². The summed E-state index contributed by atoms with van der Waals surface area (Å²) in [6.45, 7) is 4.64. The third-order valence-electron chi connectivity index (χ3n) is 4.27. The fourth-order valence-electron chi connectivity index (χ4n) is 2.67. The fourth-order valence-corrected chi connectivity index (χ4v) is 3.73. The standard InChI is InChI=1S/C18H30N4O3S/c1-3-4-11-20-18(19-2)21-13-15-7-9-17(10-8-15)26(23,24)22-14-16-6-5-12-25-16/h7-10,16,22H,3-6,11-14H2,1-2H3,(H2,19,20,21). The summed E-state index contributed by atoms with van der Waals surface area (Å²) < 4.78 is 32.8. The molecule has 0 amide bonds. The Balaban J connectivity index is 1.84. The molecule has 1 unspecified atom stereocenters. The van der Waals surface area contributed by atoms with Gasteiger partial charge in [0.15, 0.2) is 5.96 Å². The average molecular weight is 383 g/mol. The van der Waals surface area contributed by atoms with Gasteiger partial charge in [0.2, 0.25) is 10.0 Å². The van der Waals surface area contributed by atoms with Crippen molar-refractivity contribution in [3.05, 3.63) is 29.8 Å². The van der Waals surface area contributed by atoms with Crippen LogP contribution in [0.25, 0.3) is 0 Å². The maximum atomic E-state index is 12.3. The number of rotatable bonds is 9. The summed E-state index contributed by atoms with van der Waals surface area (Å²) in [5.74, 6) is 0.744. The summed E-state index contributed by atoms with van der Waals surface area (Å²) in [6, 6.07) is 6.88. The third kappa shape index (κ3) is 6.59. The molecule has 1 aromatic carbocycles. The summed E-state index contributed by atoms with van der Waals surface area (Å²) in [5, 5.41) is 6.46. The van der Waals surface area contributed by atoms with Crippen molar-refractivity contribution < 1.29 is 13.2 Å². The molecular weight excluding hydrogens is 352 g/mol. The molecule has 1 heterocycles. The van der Waals surface area contributed by atoms with Crippen molar-refractivity contribution in [2.75, 3.05) is 26.7 Å². The van der Waals surface area contributed by atoms with E-state index in [1.807, 2.05) is 12.1 Å². The van der Waals surface area contributed by atoms with E-state index in [4.69, 9.17) is 4.74 Å². The highest BCUT2D eigenvalue weighted by molar-refractivity contribution is 7.89. The Hall–Kier alpha value is -1.64. The molecule has 7 nitrogen and oxygen atoms in total. The predicted octanol–water partition coefficient (Wildman–Crippen LogP) is 1.61. The number of ether oxygens (including phenoxy) is 1. The first-order chi connectivity index (χ1) is 12.5. The SMILES string of the molecule is CCCCNC(=NC)NCc1ccc(S(=O)(=O)NCC2CCCO2)cc1. The van der Waals surface area contributed by atoms with Gasteiger partial charge >= 0.3 is 0 Å². The summed E-state index contributed by atoms with van der Waals surface area (Å²) in [6.07, 6.45) is 4.10. The topological polar surface area (TPSA) is 91.8 Å². The number of nitrogens with one attached hydrogen (secondary N) is 3. The van der Waals surface area contributed by atoms with Crippen LogP contribution in [-0.2, 0) is 21.3 Å². The van der Waals surface area contributed by atoms with Crippen LogP contribution in [0.1, 0.15) is 38.2 Å². The van der Waals surface area contributed by atoms with Gasteiger partial charge < -0.3 is 15.4 Å². The van der Waals surface area contributed by atoms with Gasteiger partial charge in [0.1, 0.15) is 0 Å². The van der Waals surface area contributed by atoms with Gasteiger partial charge in [-0.1, -0.05) is 25.5 Å². The van der Waals surface area contributed by atoms with Gasteiger partial charge in [-0.25, -0.2) is 13.1 Å². The first-order valence-electron chi connectivity index (χ1n) is 9.20. The van der Waals surface area contributed by atoms with Crippen molar-refractivity contribution in [1.29, 1.82) is 0 Å². The van der Waals surface area contributed by atoms with Gasteiger partial charge in [-0.2, -0.15) is 0 Å². The Morgan fingerprint density at radius 1 is 1.27 bits per heavy atom. The van der Waals surface area contributed by atoms with Gasteiger partial charge in [-0.15, -0.1) is 0 Å². The lowest BCUT2D eigenvalue weighted by Gasteiger charge is -2.13. The van der Waals surface area contributed by atoms with Crippen molar-refractivity contribution in [3.63, 3.8) is 0 Å². The third-order valence-corrected chi connectivity index (χ3v) is 5.70. The van der Waals surface area contributed by atoms with E-state index < -0.39 is 10.0 Å². The molecule has 26 heavy (non-hydrogen) atoms. The van der Waals surface area contributed by atoms with Crippen molar-refractivity contribution in [2.45, 2.75) is 50.2 Å². The maximum absolute atomic E-state index is 12.3. The molecule has 3 N–H and O–H groups in total. The normalized spacial score (nSPS) is 18.1. The van der Waals surface area contributed by atoms with Crippen LogP contribution in [0.2, 0.25) is 0 Å². The molecule has 1 saturated heterocycles. The quantitative estimate of drug-likeness (QED) is 0.343. The largest absolute Gasteiger partial charge is 0.377 e. The Bertz CT molecular complexity index is 668. The van der Waals surface area contributed by atoms with Gasteiger partial charge in [0.05, 0.1) is 11.0 Å². The molecule has 0 aliphatic carbocycles. The lowest BCUT2D eigenvalue weighted by atomic mass is 10.2. The first kappa shape index (κ1) is 20.7. The van der Waals surface area contributed by atoms with Crippen LogP contribution in [0.3, 0.4) is 0 Å². The molecule has 2 rings (SSSR count). The molecular formula is C18H30N4O3S. The summed E-state index contributed by atoms with van der Waals surface area (Å²) >= 11 is 0.